The van der Waals surface area contributed by atoms with E-state index >= 15 is 0 Å². The normalized spacial score (nSPS) is 10.8. The molecule has 0 bridgehead atoms. The van der Waals surface area contributed by atoms with Gasteiger partial charge >= 0.3 is 11.9 Å². The summed E-state index contributed by atoms with van der Waals surface area (Å²) < 4.78 is 10.4. The summed E-state index contributed by atoms with van der Waals surface area (Å²) in [6.07, 6.45) is 11.5. The molecule has 7 heteroatoms. The second-order valence-corrected chi connectivity index (χ2v) is 8.33. The van der Waals surface area contributed by atoms with E-state index in [0.717, 1.165) is 12.8 Å². The first-order valence-electron chi connectivity index (χ1n) is 10.4. The van der Waals surface area contributed by atoms with Gasteiger partial charge in [0.2, 0.25) is 0 Å². The molecule has 0 atom stereocenters. The minimum Gasteiger partial charge on any atom is -0.466 e. The van der Waals surface area contributed by atoms with E-state index in [-0.39, 0.29) is 34.6 Å². The number of carbonyl (C=O) groups is 2. The second kappa shape index (κ2) is 15.8. The zero-order valence-corrected chi connectivity index (χ0v) is 19.4. The molecule has 0 saturated carbocycles. The van der Waals surface area contributed by atoms with Crippen molar-refractivity contribution in [2.45, 2.75) is 84.0 Å². The summed E-state index contributed by atoms with van der Waals surface area (Å²) in [7, 11) is 0. The molecule has 0 saturated heterocycles. The first-order chi connectivity index (χ1) is 13.9. The fourth-order valence-corrected chi connectivity index (χ4v) is 3.73. The van der Waals surface area contributed by atoms with Gasteiger partial charge in [-0.2, -0.15) is 0 Å². The molecule has 0 spiro atoms. The van der Waals surface area contributed by atoms with Crippen LogP contribution in [0.15, 0.2) is 12.1 Å². The average Bonchev–Trinajstić information content (AvgIpc) is 2.66. The van der Waals surface area contributed by atoms with Crippen molar-refractivity contribution in [3.05, 3.63) is 27.2 Å². The lowest BCUT2D eigenvalue weighted by molar-refractivity contribution is -0.144. The van der Waals surface area contributed by atoms with Gasteiger partial charge in [-0.15, -0.1) is 0 Å². The van der Waals surface area contributed by atoms with Gasteiger partial charge in [-0.3, -0.25) is 9.59 Å². The van der Waals surface area contributed by atoms with E-state index in [1.54, 1.807) is 0 Å². The second-order valence-electron chi connectivity index (χ2n) is 7.08. The molecule has 29 heavy (non-hydrogen) atoms. The van der Waals surface area contributed by atoms with Crippen molar-refractivity contribution in [2.75, 3.05) is 6.61 Å². The molecule has 164 valence electrons. The van der Waals surface area contributed by atoms with Crippen LogP contribution in [0.4, 0.5) is 0 Å². The van der Waals surface area contributed by atoms with Gasteiger partial charge in [-0.1, -0.05) is 93.1 Å². The van der Waals surface area contributed by atoms with E-state index in [0.29, 0.717) is 18.1 Å². The number of unbranched alkanes of at least 4 members (excludes halogenated alkanes) is 8. The molecule has 0 radical (unpaired) electrons. The molecule has 0 aromatic heterocycles. The summed E-state index contributed by atoms with van der Waals surface area (Å²) >= 11 is 17.8. The first kappa shape index (κ1) is 26.1. The molecule has 0 unspecified atom stereocenters. The Morgan fingerprint density at radius 3 is 1.86 bits per heavy atom. The fraction of sp³-hybridized carbons (Fsp3) is 0.636. The Hall–Kier alpha value is -0.970. The highest BCUT2D eigenvalue weighted by atomic mass is 35.5. The van der Waals surface area contributed by atoms with Gasteiger partial charge in [0.1, 0.15) is 0 Å². The van der Waals surface area contributed by atoms with Crippen LogP contribution in [0.3, 0.4) is 0 Å². The van der Waals surface area contributed by atoms with Crippen LogP contribution in [0.25, 0.3) is 0 Å². The SMILES string of the molecule is CCCCCCCCCCCOC(=O)CCCC(=O)Oc1c(Cl)cc(Cl)cc1Cl. The van der Waals surface area contributed by atoms with E-state index in [4.69, 9.17) is 44.3 Å². The number of carbonyl (C=O) groups excluding carboxylic acids is 2. The average molecular weight is 466 g/mol. The highest BCUT2D eigenvalue weighted by Gasteiger charge is 2.14. The minimum atomic E-state index is -0.511. The zero-order chi connectivity index (χ0) is 21.5. The molecule has 0 fully saturated rings. The van der Waals surface area contributed by atoms with E-state index in [9.17, 15) is 9.59 Å². The van der Waals surface area contributed by atoms with Crippen LogP contribution in [0.5, 0.6) is 5.75 Å². The molecule has 0 N–H and O–H groups in total. The molecule has 1 rings (SSSR count). The summed E-state index contributed by atoms with van der Waals surface area (Å²) in [5.74, 6) is -0.724. The van der Waals surface area contributed by atoms with Crippen molar-refractivity contribution in [3.63, 3.8) is 0 Å². The predicted octanol–water partition coefficient (Wildman–Crippen LogP) is 7.80. The molecule has 1 aromatic rings. The number of ether oxygens (including phenoxy) is 2. The Morgan fingerprint density at radius 2 is 1.28 bits per heavy atom. The number of halogens is 3. The van der Waals surface area contributed by atoms with Crippen molar-refractivity contribution in [3.8, 4) is 5.75 Å². The lowest BCUT2D eigenvalue weighted by Crippen LogP contribution is -2.11. The Morgan fingerprint density at radius 1 is 0.759 bits per heavy atom. The fourth-order valence-electron chi connectivity index (χ4n) is 2.84. The third kappa shape index (κ3) is 12.3. The Balaban J connectivity index is 2.06. The number of rotatable bonds is 15. The highest BCUT2D eigenvalue weighted by Crippen LogP contribution is 2.36. The summed E-state index contributed by atoms with van der Waals surface area (Å²) in [6, 6.07) is 2.89. The van der Waals surface area contributed by atoms with Crippen molar-refractivity contribution < 1.29 is 19.1 Å². The van der Waals surface area contributed by atoms with Gasteiger partial charge in [-0.25, -0.2) is 0 Å². The van der Waals surface area contributed by atoms with Gasteiger partial charge in [-0.05, 0) is 25.0 Å². The van der Waals surface area contributed by atoms with Gasteiger partial charge in [0, 0.05) is 17.9 Å². The maximum atomic E-state index is 11.9. The van der Waals surface area contributed by atoms with Gasteiger partial charge in [0.15, 0.2) is 5.75 Å². The van der Waals surface area contributed by atoms with E-state index in [2.05, 4.69) is 6.92 Å². The third-order valence-electron chi connectivity index (χ3n) is 4.45. The van der Waals surface area contributed by atoms with Crippen LogP contribution in [-0.4, -0.2) is 18.5 Å². The van der Waals surface area contributed by atoms with E-state index in [1.807, 2.05) is 0 Å². The van der Waals surface area contributed by atoms with Crippen LogP contribution in [-0.2, 0) is 14.3 Å². The summed E-state index contributed by atoms with van der Waals surface area (Å²) in [5, 5.41) is 0.682. The molecule has 0 aliphatic heterocycles. The van der Waals surface area contributed by atoms with Crippen LogP contribution in [0.1, 0.15) is 84.0 Å². The standard InChI is InChI=1S/C22H31Cl3O4/c1-2-3-4-5-6-7-8-9-10-14-28-20(26)12-11-13-21(27)29-22-18(24)15-17(23)16-19(22)25/h15-16H,2-14H2,1H3. The highest BCUT2D eigenvalue weighted by molar-refractivity contribution is 6.40. The maximum Gasteiger partial charge on any atom is 0.311 e. The van der Waals surface area contributed by atoms with Gasteiger partial charge in [0.25, 0.3) is 0 Å². The Bertz CT molecular complexity index is 611. The lowest BCUT2D eigenvalue weighted by atomic mass is 10.1. The van der Waals surface area contributed by atoms with E-state index in [1.165, 1.54) is 57.1 Å². The summed E-state index contributed by atoms with van der Waals surface area (Å²) in [5.41, 5.74) is 0. The number of hydrogen-bond acceptors (Lipinski definition) is 4. The molecule has 0 aliphatic carbocycles. The Kier molecular flexibility index (Phi) is 14.2. The van der Waals surface area contributed by atoms with Crippen LogP contribution >= 0.6 is 34.8 Å². The quantitative estimate of drug-likeness (QED) is 0.151. The minimum absolute atomic E-state index is 0.0718. The molecule has 0 heterocycles. The van der Waals surface area contributed by atoms with Crippen molar-refractivity contribution in [2.24, 2.45) is 0 Å². The molecule has 0 aliphatic rings. The molecular formula is C22H31Cl3O4. The molecule has 4 nitrogen and oxygen atoms in total. The maximum absolute atomic E-state index is 11.9. The number of esters is 2. The summed E-state index contributed by atoms with van der Waals surface area (Å²) in [6.45, 7) is 2.66. The van der Waals surface area contributed by atoms with Crippen molar-refractivity contribution in [1.29, 1.82) is 0 Å². The summed E-state index contributed by atoms with van der Waals surface area (Å²) in [4.78, 5) is 23.6. The van der Waals surface area contributed by atoms with Crippen molar-refractivity contribution in [1.82, 2.24) is 0 Å². The molecule has 1 aromatic carbocycles. The smallest absolute Gasteiger partial charge is 0.311 e. The lowest BCUT2D eigenvalue weighted by Gasteiger charge is -2.09. The monoisotopic (exact) mass is 464 g/mol. The molecular weight excluding hydrogens is 435 g/mol. The van der Waals surface area contributed by atoms with Gasteiger partial charge in [0.05, 0.1) is 16.7 Å². The number of benzene rings is 1. The van der Waals surface area contributed by atoms with Gasteiger partial charge < -0.3 is 9.47 Å². The largest absolute Gasteiger partial charge is 0.466 e. The third-order valence-corrected chi connectivity index (χ3v) is 5.23. The first-order valence-corrected chi connectivity index (χ1v) is 11.6. The topological polar surface area (TPSA) is 52.6 Å². The van der Waals surface area contributed by atoms with Crippen LogP contribution < -0.4 is 4.74 Å². The zero-order valence-electron chi connectivity index (χ0n) is 17.1. The van der Waals surface area contributed by atoms with Crippen LogP contribution in [0.2, 0.25) is 15.1 Å². The van der Waals surface area contributed by atoms with Crippen molar-refractivity contribution >= 4 is 46.7 Å². The predicted molar refractivity (Wildman–Crippen MR) is 119 cm³/mol. The molecule has 0 amide bonds. The Labute approximate surface area is 189 Å². The number of hydrogen-bond donors (Lipinski definition) is 0. The van der Waals surface area contributed by atoms with E-state index < -0.39 is 5.97 Å². The van der Waals surface area contributed by atoms with Crippen LogP contribution in [0, 0.1) is 0 Å².